The first-order valence-electron chi connectivity index (χ1n) is 24.5. The minimum absolute atomic E-state index is 0.0156. The third-order valence-corrected chi connectivity index (χ3v) is 11.7. The molecule has 1 saturated carbocycles. The molecule has 3 amide bonds. The fourth-order valence-electron chi connectivity index (χ4n) is 7.61. The maximum Gasteiger partial charge on any atom is 0.247 e. The van der Waals surface area contributed by atoms with Crippen LogP contribution in [0.25, 0.3) is 0 Å². The average Bonchev–Trinajstić information content (AvgIpc) is 4.12. The monoisotopic (exact) mass is 979 g/mol. The molecule has 1 atom stereocenters. The lowest BCUT2D eigenvalue weighted by atomic mass is 10.0. The number of carbonyl (C=O) groups is 3. The molecule has 1 fully saturated rings. The second-order valence-corrected chi connectivity index (χ2v) is 17.4. The molecule has 0 radical (unpaired) electrons. The van der Waals surface area contributed by atoms with Gasteiger partial charge >= 0.3 is 0 Å². The second kappa shape index (κ2) is 30.9. The number of likely N-dealkylation sites (N-methyl/N-ethyl adjacent to an activating group) is 1. The second-order valence-electron chi connectivity index (χ2n) is 17.4. The molecule has 4 aromatic rings. The first-order chi connectivity index (χ1) is 34.6. The maximum atomic E-state index is 14.1. The smallest absolute Gasteiger partial charge is 0.247 e. The Balaban J connectivity index is 0.911. The number of nitrogens with one attached hydrogen (secondary N) is 2. The van der Waals surface area contributed by atoms with Gasteiger partial charge in [-0.25, -0.2) is 4.68 Å². The number of aryl methyl sites for hydroxylation is 1. The molecule has 0 spiro atoms. The van der Waals surface area contributed by atoms with E-state index in [0.29, 0.717) is 101 Å². The number of amides is 3. The molecule has 0 aliphatic heterocycles. The Labute approximate surface area is 419 Å². The molecule has 1 unspecified atom stereocenters. The molecule has 17 nitrogen and oxygen atoms in total. The molecule has 0 saturated heterocycles. The molecule has 1 aliphatic carbocycles. The molecule has 3 aromatic carbocycles. The summed E-state index contributed by atoms with van der Waals surface area (Å²) in [5.41, 5.74) is 4.98. The van der Waals surface area contributed by atoms with Crippen molar-refractivity contribution in [2.45, 2.75) is 63.6 Å². The van der Waals surface area contributed by atoms with Crippen LogP contribution in [0, 0.1) is 0 Å². The summed E-state index contributed by atoms with van der Waals surface area (Å²) in [5, 5.41) is 14.0. The maximum absolute atomic E-state index is 14.1. The molecule has 71 heavy (non-hydrogen) atoms. The lowest BCUT2D eigenvalue weighted by Gasteiger charge is -2.32. The fourth-order valence-corrected chi connectivity index (χ4v) is 7.61. The van der Waals surface area contributed by atoms with E-state index in [4.69, 9.17) is 28.4 Å². The van der Waals surface area contributed by atoms with Crippen molar-refractivity contribution in [2.24, 2.45) is 0 Å². The average molecular weight is 979 g/mol. The van der Waals surface area contributed by atoms with Gasteiger partial charge in [-0.2, -0.15) is 0 Å². The summed E-state index contributed by atoms with van der Waals surface area (Å²) in [6, 6.07) is 19.9. The van der Waals surface area contributed by atoms with Gasteiger partial charge in [-0.1, -0.05) is 54.8 Å². The number of hydrogen-bond donors (Lipinski definition) is 2. The molecule has 5 rings (SSSR count). The highest BCUT2D eigenvalue weighted by atomic mass is 16.5. The Morgan fingerprint density at radius 1 is 0.831 bits per heavy atom. The van der Waals surface area contributed by atoms with E-state index < -0.39 is 6.04 Å². The van der Waals surface area contributed by atoms with Crippen LogP contribution >= 0.6 is 0 Å². The van der Waals surface area contributed by atoms with Crippen molar-refractivity contribution in [1.82, 2.24) is 30.1 Å². The third kappa shape index (κ3) is 19.7. The van der Waals surface area contributed by atoms with E-state index in [1.54, 1.807) is 59.2 Å². The molecule has 2 N–H and O–H groups in total. The van der Waals surface area contributed by atoms with Crippen molar-refractivity contribution < 1.29 is 42.8 Å². The van der Waals surface area contributed by atoms with Crippen LogP contribution in [0.3, 0.4) is 0 Å². The van der Waals surface area contributed by atoms with Crippen LogP contribution in [0.4, 0.5) is 11.4 Å². The van der Waals surface area contributed by atoms with E-state index in [9.17, 15) is 14.4 Å². The number of ether oxygens (including phenoxy) is 6. The van der Waals surface area contributed by atoms with Crippen LogP contribution in [0.2, 0.25) is 0 Å². The highest BCUT2D eigenvalue weighted by molar-refractivity contribution is 5.90. The summed E-state index contributed by atoms with van der Waals surface area (Å²) in [6.07, 6.45) is 12.8. The zero-order valence-electron chi connectivity index (χ0n) is 42.1. The Morgan fingerprint density at radius 3 is 2.23 bits per heavy atom. The summed E-state index contributed by atoms with van der Waals surface area (Å²) in [7, 11) is 7.57. The van der Waals surface area contributed by atoms with Gasteiger partial charge in [0.2, 0.25) is 18.2 Å². The van der Waals surface area contributed by atoms with Gasteiger partial charge in [-0.05, 0) is 111 Å². The third-order valence-electron chi connectivity index (χ3n) is 11.7. The SMILES string of the molecule is C=C/C=C(\C=C)CNC(=O)C(c1ccc(N(C)C)c(OC)c1)N(C(=O)CCc1ccc(OCCCCN(C)CCOCCOCCc2cn(CCOCCOc3ccc(NC=O)cc3)nn2)cc1)C1CC1. The number of unbranched alkanes of at least 4 members (excludes halogenated alkanes) is 1. The van der Waals surface area contributed by atoms with Crippen LogP contribution in [0.5, 0.6) is 17.2 Å². The van der Waals surface area contributed by atoms with Gasteiger partial charge in [0.1, 0.15) is 29.9 Å². The van der Waals surface area contributed by atoms with E-state index in [0.717, 1.165) is 67.0 Å². The van der Waals surface area contributed by atoms with E-state index in [2.05, 4.69) is 46.1 Å². The van der Waals surface area contributed by atoms with E-state index in [-0.39, 0.29) is 30.8 Å². The molecule has 384 valence electrons. The largest absolute Gasteiger partial charge is 0.495 e. The van der Waals surface area contributed by atoms with Crippen molar-refractivity contribution >= 4 is 29.6 Å². The zero-order chi connectivity index (χ0) is 50.6. The van der Waals surface area contributed by atoms with Gasteiger partial charge in [0.25, 0.3) is 0 Å². The Bertz CT molecular complexity index is 2260. The predicted molar refractivity (Wildman–Crippen MR) is 276 cm³/mol. The molecule has 1 aliphatic rings. The zero-order valence-corrected chi connectivity index (χ0v) is 42.1. The first-order valence-corrected chi connectivity index (χ1v) is 24.5. The Morgan fingerprint density at radius 2 is 1.54 bits per heavy atom. The molecule has 17 heteroatoms. The lowest BCUT2D eigenvalue weighted by molar-refractivity contribution is -0.141. The standard InChI is InChI=1S/C54H74N8O9/c1-7-11-42(8-2)39-55-54(65)53(44-15-24-50(59(3)4)51(38-44)66-6)62(47-18-19-47)52(64)25-14-43-12-20-48(21-13-43)70-30-10-9-27-60(5)28-32-68-35-34-67-31-26-46-40-61(58-57-46)29-33-69-36-37-71-49-22-16-45(17-23-49)56-41-63/h7-8,11-13,15-17,20-24,38,40-41,47,53H,1-2,9-10,14,18-19,25-37,39H2,3-6H3,(H,55,65)(H,56,63)/b42-11+. The molecule has 0 bridgehead atoms. The molecular formula is C54H74N8O9. The van der Waals surface area contributed by atoms with Gasteiger partial charge in [0.15, 0.2) is 0 Å². The van der Waals surface area contributed by atoms with Crippen LogP contribution in [0.1, 0.15) is 55.0 Å². The number of anilines is 2. The highest BCUT2D eigenvalue weighted by Crippen LogP contribution is 2.38. The topological polar surface area (TPSA) is 171 Å². The summed E-state index contributed by atoms with van der Waals surface area (Å²) < 4.78 is 36.4. The number of hydrogen-bond acceptors (Lipinski definition) is 13. The van der Waals surface area contributed by atoms with E-state index >= 15 is 0 Å². The highest BCUT2D eigenvalue weighted by Gasteiger charge is 2.41. The van der Waals surface area contributed by atoms with Gasteiger partial charge in [-0.15, -0.1) is 5.10 Å². The molecule has 1 heterocycles. The lowest BCUT2D eigenvalue weighted by Crippen LogP contribution is -2.45. The molecule has 1 aromatic heterocycles. The number of carbonyl (C=O) groups excluding carboxylic acids is 3. The number of nitrogens with zero attached hydrogens (tertiary/aromatic N) is 6. The van der Waals surface area contributed by atoms with E-state index in [1.165, 1.54) is 0 Å². The quantitative estimate of drug-likeness (QED) is 0.0287. The normalized spacial score (nSPS) is 12.8. The van der Waals surface area contributed by atoms with Crippen molar-refractivity contribution in [3.63, 3.8) is 0 Å². The number of allylic oxidation sites excluding steroid dienone is 2. The van der Waals surface area contributed by atoms with Crippen LogP contribution in [0.15, 0.2) is 110 Å². The van der Waals surface area contributed by atoms with E-state index in [1.807, 2.05) is 67.7 Å². The predicted octanol–water partition coefficient (Wildman–Crippen LogP) is 6.46. The minimum atomic E-state index is -0.826. The number of rotatable bonds is 37. The summed E-state index contributed by atoms with van der Waals surface area (Å²) >= 11 is 0. The minimum Gasteiger partial charge on any atom is -0.495 e. The Hall–Kier alpha value is -6.53. The number of benzene rings is 3. The summed E-state index contributed by atoms with van der Waals surface area (Å²) in [5.74, 6) is 1.80. The van der Waals surface area contributed by atoms with Gasteiger partial charge < -0.3 is 53.8 Å². The van der Waals surface area contributed by atoms with Gasteiger partial charge in [0, 0.05) is 58.0 Å². The van der Waals surface area contributed by atoms with Crippen molar-refractivity contribution in [3.8, 4) is 17.2 Å². The van der Waals surface area contributed by atoms with Crippen LogP contribution in [-0.2, 0) is 48.0 Å². The van der Waals surface area contributed by atoms with Crippen molar-refractivity contribution in [2.75, 3.05) is 111 Å². The van der Waals surface area contributed by atoms with Crippen LogP contribution < -0.4 is 29.7 Å². The number of methoxy groups -OCH3 is 1. The summed E-state index contributed by atoms with van der Waals surface area (Å²) in [4.78, 5) is 44.7. The van der Waals surface area contributed by atoms with Crippen molar-refractivity contribution in [3.05, 3.63) is 127 Å². The van der Waals surface area contributed by atoms with Crippen LogP contribution in [-0.4, -0.2) is 150 Å². The molecular weight excluding hydrogens is 905 g/mol. The van der Waals surface area contributed by atoms with Gasteiger partial charge in [-0.3, -0.25) is 14.4 Å². The van der Waals surface area contributed by atoms with Crippen molar-refractivity contribution in [1.29, 1.82) is 0 Å². The van der Waals surface area contributed by atoms with Gasteiger partial charge in [0.05, 0.1) is 71.3 Å². The first kappa shape index (κ1) is 55.4. The fraction of sp³-hybridized carbons (Fsp3) is 0.463. The summed E-state index contributed by atoms with van der Waals surface area (Å²) in [6.45, 7) is 14.4. The Kier molecular flexibility index (Phi) is 24.1. The number of aromatic nitrogens is 3.